The van der Waals surface area contributed by atoms with Gasteiger partial charge in [-0.25, -0.2) is 0 Å². The van der Waals surface area contributed by atoms with Gasteiger partial charge in [-0.05, 0) is 40.5 Å². The van der Waals surface area contributed by atoms with E-state index < -0.39 is 0 Å². The lowest BCUT2D eigenvalue weighted by atomic mass is 10.1. The maximum absolute atomic E-state index is 5.87. The van der Waals surface area contributed by atoms with Gasteiger partial charge in [0.25, 0.3) is 0 Å². The highest BCUT2D eigenvalue weighted by molar-refractivity contribution is 9.10. The molecule has 0 fully saturated rings. The average Bonchev–Trinajstić information content (AvgIpc) is 2.47. The molecule has 5 nitrogen and oxygen atoms in total. The zero-order valence-electron chi connectivity index (χ0n) is 11.8. The standard InChI is InChI=1S/C14H21BrN2O3/c1-9(18-2)8-17-12(7-16)10-5-11(15)14-13(6-10)19-3-4-20-14/h5-6,9,12,17H,3-4,7-8,16H2,1-2H3. The fourth-order valence-corrected chi connectivity index (χ4v) is 2.63. The van der Waals surface area contributed by atoms with Crippen LogP contribution in [0.1, 0.15) is 18.5 Å². The molecular weight excluding hydrogens is 324 g/mol. The van der Waals surface area contributed by atoms with Crippen molar-refractivity contribution in [2.45, 2.75) is 19.1 Å². The number of hydrogen-bond donors (Lipinski definition) is 2. The van der Waals surface area contributed by atoms with Gasteiger partial charge >= 0.3 is 0 Å². The molecule has 2 unspecified atom stereocenters. The molecule has 0 radical (unpaired) electrons. The van der Waals surface area contributed by atoms with E-state index in [4.69, 9.17) is 19.9 Å². The lowest BCUT2D eigenvalue weighted by molar-refractivity contribution is 0.114. The van der Waals surface area contributed by atoms with Crippen LogP contribution in [-0.2, 0) is 4.74 Å². The summed E-state index contributed by atoms with van der Waals surface area (Å²) < 4.78 is 17.4. The van der Waals surface area contributed by atoms with Crippen molar-refractivity contribution in [1.29, 1.82) is 0 Å². The first-order chi connectivity index (χ1) is 9.65. The van der Waals surface area contributed by atoms with Crippen molar-refractivity contribution in [1.82, 2.24) is 5.32 Å². The summed E-state index contributed by atoms with van der Waals surface area (Å²) in [6.07, 6.45) is 0.143. The molecule has 112 valence electrons. The molecular formula is C14H21BrN2O3. The molecule has 0 spiro atoms. The third kappa shape index (κ3) is 3.63. The summed E-state index contributed by atoms with van der Waals surface area (Å²) in [7, 11) is 1.70. The molecule has 2 rings (SSSR count). The van der Waals surface area contributed by atoms with Crippen LogP contribution in [0, 0.1) is 0 Å². The number of methoxy groups -OCH3 is 1. The third-order valence-corrected chi connectivity index (χ3v) is 3.90. The van der Waals surface area contributed by atoms with Crippen molar-refractivity contribution in [3.05, 3.63) is 22.2 Å². The van der Waals surface area contributed by atoms with Crippen molar-refractivity contribution in [2.75, 3.05) is 33.4 Å². The molecule has 3 N–H and O–H groups in total. The van der Waals surface area contributed by atoms with Crippen LogP contribution in [0.25, 0.3) is 0 Å². The van der Waals surface area contributed by atoms with E-state index in [1.54, 1.807) is 7.11 Å². The predicted octanol–water partition coefficient (Wildman–Crippen LogP) is 1.84. The van der Waals surface area contributed by atoms with E-state index in [0.29, 0.717) is 19.8 Å². The number of nitrogens with one attached hydrogen (secondary N) is 1. The van der Waals surface area contributed by atoms with Crippen LogP contribution in [0.2, 0.25) is 0 Å². The van der Waals surface area contributed by atoms with Gasteiger partial charge in [-0.2, -0.15) is 0 Å². The molecule has 0 aromatic heterocycles. The highest BCUT2D eigenvalue weighted by Gasteiger charge is 2.19. The summed E-state index contributed by atoms with van der Waals surface area (Å²) in [6, 6.07) is 4.07. The van der Waals surface area contributed by atoms with E-state index >= 15 is 0 Å². The minimum atomic E-state index is 0.0553. The molecule has 1 heterocycles. The molecule has 1 aromatic carbocycles. The Morgan fingerprint density at radius 3 is 2.85 bits per heavy atom. The van der Waals surface area contributed by atoms with Crippen LogP contribution in [-0.4, -0.2) is 39.5 Å². The SMILES string of the molecule is COC(C)CNC(CN)c1cc(Br)c2c(c1)OCCO2. The Hall–Kier alpha value is -0.820. The highest BCUT2D eigenvalue weighted by Crippen LogP contribution is 2.39. The molecule has 1 aliphatic heterocycles. The second-order valence-electron chi connectivity index (χ2n) is 4.77. The predicted molar refractivity (Wildman–Crippen MR) is 81.4 cm³/mol. The zero-order valence-corrected chi connectivity index (χ0v) is 13.4. The maximum Gasteiger partial charge on any atom is 0.175 e. The number of rotatable bonds is 6. The minimum Gasteiger partial charge on any atom is -0.486 e. The molecule has 0 saturated carbocycles. The number of halogens is 1. The first-order valence-electron chi connectivity index (χ1n) is 6.71. The number of hydrogen-bond acceptors (Lipinski definition) is 5. The molecule has 2 atom stereocenters. The molecule has 1 aromatic rings. The highest BCUT2D eigenvalue weighted by atomic mass is 79.9. The summed E-state index contributed by atoms with van der Waals surface area (Å²) >= 11 is 3.53. The minimum absolute atomic E-state index is 0.0553. The van der Waals surface area contributed by atoms with Crippen molar-refractivity contribution in [3.8, 4) is 11.5 Å². The van der Waals surface area contributed by atoms with Crippen molar-refractivity contribution in [3.63, 3.8) is 0 Å². The van der Waals surface area contributed by atoms with E-state index in [2.05, 4.69) is 21.2 Å². The summed E-state index contributed by atoms with van der Waals surface area (Å²) in [4.78, 5) is 0. The molecule has 6 heteroatoms. The van der Waals surface area contributed by atoms with Gasteiger partial charge in [-0.3, -0.25) is 0 Å². The Labute approximate surface area is 127 Å². The van der Waals surface area contributed by atoms with E-state index in [0.717, 1.165) is 28.1 Å². The summed E-state index contributed by atoms with van der Waals surface area (Å²) in [5, 5.41) is 3.40. The van der Waals surface area contributed by atoms with Gasteiger partial charge in [0.1, 0.15) is 13.2 Å². The van der Waals surface area contributed by atoms with Crippen LogP contribution in [0.4, 0.5) is 0 Å². The van der Waals surface area contributed by atoms with Gasteiger partial charge in [0.15, 0.2) is 11.5 Å². The Bertz CT molecular complexity index is 456. The largest absolute Gasteiger partial charge is 0.486 e. The molecule has 0 aliphatic carbocycles. The molecule has 0 bridgehead atoms. The number of benzene rings is 1. The van der Waals surface area contributed by atoms with Crippen molar-refractivity contribution < 1.29 is 14.2 Å². The monoisotopic (exact) mass is 344 g/mol. The van der Waals surface area contributed by atoms with E-state index in [-0.39, 0.29) is 12.1 Å². The van der Waals surface area contributed by atoms with Crippen LogP contribution >= 0.6 is 15.9 Å². The first-order valence-corrected chi connectivity index (χ1v) is 7.50. The molecule has 0 saturated heterocycles. The molecule has 1 aliphatic rings. The zero-order chi connectivity index (χ0) is 14.5. The lowest BCUT2D eigenvalue weighted by Gasteiger charge is -2.24. The Balaban J connectivity index is 2.15. The fourth-order valence-electron chi connectivity index (χ4n) is 2.06. The van der Waals surface area contributed by atoms with Gasteiger partial charge in [-0.15, -0.1) is 0 Å². The van der Waals surface area contributed by atoms with E-state index in [9.17, 15) is 0 Å². The Kier molecular flexibility index (Phi) is 5.65. The van der Waals surface area contributed by atoms with Gasteiger partial charge < -0.3 is 25.3 Å². The summed E-state index contributed by atoms with van der Waals surface area (Å²) in [5.41, 5.74) is 6.94. The van der Waals surface area contributed by atoms with Gasteiger partial charge in [0.05, 0.1) is 10.6 Å². The van der Waals surface area contributed by atoms with Crippen LogP contribution in [0.15, 0.2) is 16.6 Å². The Morgan fingerprint density at radius 2 is 2.15 bits per heavy atom. The Morgan fingerprint density at radius 1 is 1.40 bits per heavy atom. The van der Waals surface area contributed by atoms with Crippen LogP contribution < -0.4 is 20.5 Å². The maximum atomic E-state index is 5.87. The topological polar surface area (TPSA) is 65.7 Å². The van der Waals surface area contributed by atoms with Crippen LogP contribution in [0.5, 0.6) is 11.5 Å². The third-order valence-electron chi connectivity index (χ3n) is 3.31. The number of nitrogens with two attached hydrogens (primary N) is 1. The van der Waals surface area contributed by atoms with Crippen LogP contribution in [0.3, 0.4) is 0 Å². The average molecular weight is 345 g/mol. The number of fused-ring (bicyclic) bond motifs is 1. The second kappa shape index (κ2) is 7.26. The summed E-state index contributed by atoms with van der Waals surface area (Å²) in [5.74, 6) is 1.53. The van der Waals surface area contributed by atoms with E-state index in [1.165, 1.54) is 0 Å². The van der Waals surface area contributed by atoms with Crippen molar-refractivity contribution >= 4 is 15.9 Å². The van der Waals surface area contributed by atoms with Crippen molar-refractivity contribution in [2.24, 2.45) is 5.73 Å². The molecule has 20 heavy (non-hydrogen) atoms. The smallest absolute Gasteiger partial charge is 0.175 e. The fraction of sp³-hybridized carbons (Fsp3) is 0.571. The van der Waals surface area contributed by atoms with Gasteiger partial charge in [0, 0.05) is 26.2 Å². The summed E-state index contributed by atoms with van der Waals surface area (Å²) in [6.45, 7) is 4.41. The first kappa shape index (κ1) is 15.6. The van der Waals surface area contributed by atoms with E-state index in [1.807, 2.05) is 19.1 Å². The lowest BCUT2D eigenvalue weighted by Crippen LogP contribution is -2.34. The number of ether oxygens (including phenoxy) is 3. The molecule has 0 amide bonds. The second-order valence-corrected chi connectivity index (χ2v) is 5.62. The normalized spacial score (nSPS) is 16.8. The van der Waals surface area contributed by atoms with Gasteiger partial charge in [-0.1, -0.05) is 0 Å². The quantitative estimate of drug-likeness (QED) is 0.824. The van der Waals surface area contributed by atoms with Gasteiger partial charge in [0.2, 0.25) is 0 Å².